The molecule has 2 N–H and O–H groups in total. The molecule has 0 aromatic carbocycles. The molecule has 1 heterocycles. The van der Waals surface area contributed by atoms with E-state index in [2.05, 4.69) is 9.71 Å². The maximum atomic E-state index is 11.9. The van der Waals surface area contributed by atoms with Crippen LogP contribution in [0.3, 0.4) is 0 Å². The van der Waals surface area contributed by atoms with Gasteiger partial charge in [0.25, 0.3) is 10.0 Å². The van der Waals surface area contributed by atoms with Crippen LogP contribution in [0.1, 0.15) is 19.2 Å². The number of nitrogens with one attached hydrogen (secondary N) is 1. The molecule has 0 amide bonds. The van der Waals surface area contributed by atoms with Crippen molar-refractivity contribution >= 4 is 10.0 Å². The first kappa shape index (κ1) is 16.1. The number of hydrogen-bond acceptors (Lipinski definition) is 5. The molecule has 0 aliphatic rings. The molecule has 1 rings (SSSR count). The standard InChI is InChI=1S/C11H21N3O4S/c1-3-5-14-9-11(13-10(14)2)19(16,17)12-4-7-18-8-6-15/h9,12,15H,3-8H2,1-2H3. The fraction of sp³-hybridized carbons (Fsp3) is 0.727. The van der Waals surface area contributed by atoms with Crippen molar-refractivity contribution in [3.05, 3.63) is 12.0 Å². The van der Waals surface area contributed by atoms with E-state index in [1.807, 2.05) is 11.5 Å². The number of imidazole rings is 1. The number of aryl methyl sites for hydroxylation is 2. The van der Waals surface area contributed by atoms with Gasteiger partial charge in [-0.25, -0.2) is 18.1 Å². The third-order valence-corrected chi connectivity index (χ3v) is 3.80. The normalized spacial score (nSPS) is 11.9. The summed E-state index contributed by atoms with van der Waals surface area (Å²) in [7, 11) is -3.59. The molecule has 110 valence electrons. The number of aliphatic hydroxyl groups is 1. The first-order valence-electron chi connectivity index (χ1n) is 6.23. The van der Waals surface area contributed by atoms with Crippen LogP contribution in [0.4, 0.5) is 0 Å². The molecule has 0 bridgehead atoms. The lowest BCUT2D eigenvalue weighted by molar-refractivity contribution is 0.0961. The largest absolute Gasteiger partial charge is 0.394 e. The van der Waals surface area contributed by atoms with E-state index in [1.165, 1.54) is 6.20 Å². The molecule has 0 aliphatic carbocycles. The number of rotatable bonds is 9. The van der Waals surface area contributed by atoms with Crippen LogP contribution in [0.2, 0.25) is 0 Å². The van der Waals surface area contributed by atoms with Gasteiger partial charge in [-0.05, 0) is 13.3 Å². The predicted octanol–water partition coefficient (Wildman–Crippen LogP) is -0.111. The Balaban J connectivity index is 2.59. The second-order valence-corrected chi connectivity index (χ2v) is 5.77. The molecule has 0 saturated heterocycles. The van der Waals surface area contributed by atoms with Gasteiger partial charge in [0, 0.05) is 19.3 Å². The number of ether oxygens (including phenoxy) is 1. The van der Waals surface area contributed by atoms with Gasteiger partial charge in [0.05, 0.1) is 19.8 Å². The third kappa shape index (κ3) is 4.90. The van der Waals surface area contributed by atoms with Gasteiger partial charge < -0.3 is 14.4 Å². The van der Waals surface area contributed by atoms with Crippen LogP contribution >= 0.6 is 0 Å². The van der Waals surface area contributed by atoms with Crippen LogP contribution in [0.15, 0.2) is 11.2 Å². The van der Waals surface area contributed by atoms with Gasteiger partial charge in [-0.1, -0.05) is 6.92 Å². The molecule has 19 heavy (non-hydrogen) atoms. The summed E-state index contributed by atoms with van der Waals surface area (Å²) < 4.78 is 33.1. The first-order valence-corrected chi connectivity index (χ1v) is 7.71. The van der Waals surface area contributed by atoms with Gasteiger partial charge in [0.2, 0.25) is 0 Å². The van der Waals surface area contributed by atoms with Crippen LogP contribution in [0.5, 0.6) is 0 Å². The van der Waals surface area contributed by atoms with Gasteiger partial charge in [0.1, 0.15) is 5.82 Å². The first-order chi connectivity index (χ1) is 9.01. The zero-order chi connectivity index (χ0) is 14.3. The summed E-state index contributed by atoms with van der Waals surface area (Å²) in [6, 6.07) is 0. The lowest BCUT2D eigenvalue weighted by atomic mass is 10.5. The summed E-state index contributed by atoms with van der Waals surface area (Å²) in [5, 5.41) is 8.54. The molecule has 1 aromatic rings. The summed E-state index contributed by atoms with van der Waals surface area (Å²) in [4.78, 5) is 4.05. The van der Waals surface area contributed by atoms with Gasteiger partial charge in [-0.15, -0.1) is 0 Å². The average Bonchev–Trinajstić information content (AvgIpc) is 2.72. The Bertz CT molecular complexity index is 484. The van der Waals surface area contributed by atoms with Crippen molar-refractivity contribution in [2.24, 2.45) is 0 Å². The zero-order valence-corrected chi connectivity index (χ0v) is 12.1. The Morgan fingerprint density at radius 2 is 2.21 bits per heavy atom. The van der Waals surface area contributed by atoms with Gasteiger partial charge >= 0.3 is 0 Å². The molecule has 8 heteroatoms. The van der Waals surface area contributed by atoms with E-state index in [-0.39, 0.29) is 31.4 Å². The summed E-state index contributed by atoms with van der Waals surface area (Å²) in [5.74, 6) is 0.679. The highest BCUT2D eigenvalue weighted by atomic mass is 32.2. The van der Waals surface area contributed by atoms with Crippen molar-refractivity contribution in [1.29, 1.82) is 0 Å². The van der Waals surface area contributed by atoms with Gasteiger partial charge in [-0.3, -0.25) is 0 Å². The van der Waals surface area contributed by atoms with Crippen molar-refractivity contribution in [3.8, 4) is 0 Å². The molecule has 1 aromatic heterocycles. The Kier molecular flexibility index (Phi) is 6.43. The van der Waals surface area contributed by atoms with Crippen molar-refractivity contribution in [1.82, 2.24) is 14.3 Å². The molecule has 0 fully saturated rings. The Morgan fingerprint density at radius 3 is 2.84 bits per heavy atom. The molecular formula is C11H21N3O4S. The van der Waals surface area contributed by atoms with Crippen molar-refractivity contribution in [3.63, 3.8) is 0 Å². The highest BCUT2D eigenvalue weighted by molar-refractivity contribution is 7.89. The van der Waals surface area contributed by atoms with E-state index in [4.69, 9.17) is 9.84 Å². The van der Waals surface area contributed by atoms with E-state index in [9.17, 15) is 8.42 Å². The molecule has 0 radical (unpaired) electrons. The Morgan fingerprint density at radius 1 is 1.47 bits per heavy atom. The average molecular weight is 291 g/mol. The monoisotopic (exact) mass is 291 g/mol. The topological polar surface area (TPSA) is 93.5 Å². The van der Waals surface area contributed by atoms with Crippen molar-refractivity contribution in [2.45, 2.75) is 31.8 Å². The van der Waals surface area contributed by atoms with Crippen LogP contribution in [0.25, 0.3) is 0 Å². The molecular weight excluding hydrogens is 270 g/mol. The highest BCUT2D eigenvalue weighted by Gasteiger charge is 2.18. The van der Waals surface area contributed by atoms with E-state index in [0.717, 1.165) is 13.0 Å². The summed E-state index contributed by atoms with van der Waals surface area (Å²) in [5.41, 5.74) is 0. The van der Waals surface area contributed by atoms with Gasteiger partial charge in [-0.2, -0.15) is 0 Å². The number of hydrogen-bond donors (Lipinski definition) is 2. The minimum Gasteiger partial charge on any atom is -0.394 e. The van der Waals surface area contributed by atoms with Crippen LogP contribution in [-0.2, 0) is 21.3 Å². The smallest absolute Gasteiger partial charge is 0.259 e. The number of aromatic nitrogens is 2. The minimum atomic E-state index is -3.59. The molecule has 0 unspecified atom stereocenters. The van der Waals surface area contributed by atoms with Crippen LogP contribution < -0.4 is 4.72 Å². The van der Waals surface area contributed by atoms with Crippen LogP contribution in [0, 0.1) is 6.92 Å². The molecule has 0 spiro atoms. The lowest BCUT2D eigenvalue weighted by Crippen LogP contribution is -2.28. The van der Waals surface area contributed by atoms with E-state index in [0.29, 0.717) is 5.82 Å². The maximum Gasteiger partial charge on any atom is 0.259 e. The maximum absolute atomic E-state index is 11.9. The quantitative estimate of drug-likeness (QED) is 0.619. The lowest BCUT2D eigenvalue weighted by Gasteiger charge is -2.04. The summed E-state index contributed by atoms with van der Waals surface area (Å²) in [6.07, 6.45) is 2.45. The second-order valence-electron chi connectivity index (χ2n) is 4.05. The molecule has 0 saturated carbocycles. The molecule has 7 nitrogen and oxygen atoms in total. The summed E-state index contributed by atoms with van der Waals surface area (Å²) in [6.45, 7) is 5.03. The van der Waals surface area contributed by atoms with E-state index < -0.39 is 10.0 Å². The minimum absolute atomic E-state index is 0.0283. The molecule has 0 atom stereocenters. The van der Waals surface area contributed by atoms with Crippen molar-refractivity contribution in [2.75, 3.05) is 26.4 Å². The van der Waals surface area contributed by atoms with Crippen LogP contribution in [-0.4, -0.2) is 49.4 Å². The van der Waals surface area contributed by atoms with E-state index in [1.54, 1.807) is 6.92 Å². The Labute approximate surface area is 113 Å². The number of aliphatic hydroxyl groups excluding tert-OH is 1. The van der Waals surface area contributed by atoms with Crippen molar-refractivity contribution < 1.29 is 18.3 Å². The number of sulfonamides is 1. The third-order valence-electron chi connectivity index (χ3n) is 2.47. The Hall–Kier alpha value is -0.960. The van der Waals surface area contributed by atoms with E-state index >= 15 is 0 Å². The SMILES string of the molecule is CCCn1cc(S(=O)(=O)NCCOCCO)nc1C. The fourth-order valence-electron chi connectivity index (χ4n) is 1.56. The number of nitrogens with zero attached hydrogens (tertiary/aromatic N) is 2. The highest BCUT2D eigenvalue weighted by Crippen LogP contribution is 2.09. The van der Waals surface area contributed by atoms with Gasteiger partial charge in [0.15, 0.2) is 5.03 Å². The zero-order valence-electron chi connectivity index (χ0n) is 11.3. The summed E-state index contributed by atoms with van der Waals surface area (Å²) >= 11 is 0. The predicted molar refractivity (Wildman–Crippen MR) is 70.3 cm³/mol. The second kappa shape index (κ2) is 7.59. The fourth-order valence-corrected chi connectivity index (χ4v) is 2.58. The molecule has 0 aliphatic heterocycles.